The van der Waals surface area contributed by atoms with Crippen LogP contribution in [0, 0.1) is 25.6 Å². The molecule has 0 aliphatic carbocycles. The van der Waals surface area contributed by atoms with Crippen molar-refractivity contribution in [3.05, 3.63) is 52.0 Å². The highest BCUT2D eigenvalue weighted by Crippen LogP contribution is 2.33. The summed E-state index contributed by atoms with van der Waals surface area (Å²) in [7, 11) is 0. The lowest BCUT2D eigenvalue weighted by Gasteiger charge is -2.33. The number of carbonyl (C=O) groups excluding carboxylic acids is 1. The third kappa shape index (κ3) is 4.60. The summed E-state index contributed by atoms with van der Waals surface area (Å²) >= 11 is 0. The Morgan fingerprint density at radius 2 is 2.07 bits per heavy atom. The van der Waals surface area contributed by atoms with Crippen LogP contribution < -0.4 is 5.32 Å². The minimum absolute atomic E-state index is 0.0611. The maximum atomic E-state index is 13.5. The Bertz CT molecular complexity index is 950. The van der Waals surface area contributed by atoms with Crippen molar-refractivity contribution in [1.29, 1.82) is 0 Å². The summed E-state index contributed by atoms with van der Waals surface area (Å²) in [5.74, 6) is -0.367. The number of piperidine rings is 1. The fourth-order valence-electron chi connectivity index (χ4n) is 3.23. The van der Waals surface area contributed by atoms with Gasteiger partial charge in [-0.3, -0.25) is 5.32 Å². The highest BCUT2D eigenvalue weighted by molar-refractivity contribution is 5.89. The molecule has 156 valence electrons. The molecule has 1 saturated heterocycles. The Morgan fingerprint density at radius 3 is 2.66 bits per heavy atom. The lowest BCUT2D eigenvalue weighted by molar-refractivity contribution is -0.140. The van der Waals surface area contributed by atoms with Crippen LogP contribution in [0.2, 0.25) is 0 Å². The van der Waals surface area contributed by atoms with E-state index in [9.17, 15) is 22.4 Å². The number of nitrogens with zero attached hydrogens (tertiary/aromatic N) is 2. The summed E-state index contributed by atoms with van der Waals surface area (Å²) in [6, 6.07) is 2.64. The number of aromatic nitrogens is 1. The number of benzene rings is 1. The van der Waals surface area contributed by atoms with Gasteiger partial charge in [-0.1, -0.05) is 29.8 Å². The van der Waals surface area contributed by atoms with Crippen LogP contribution in [0.3, 0.4) is 0 Å². The van der Waals surface area contributed by atoms with Crippen molar-refractivity contribution in [2.75, 3.05) is 18.4 Å². The summed E-state index contributed by atoms with van der Waals surface area (Å²) in [6.07, 6.45) is -2.60. The van der Waals surface area contributed by atoms with Gasteiger partial charge in [0.1, 0.15) is 11.6 Å². The molecule has 1 unspecified atom stereocenters. The fraction of sp³-hybridized carbons (Fsp3) is 0.400. The Kier molecular flexibility index (Phi) is 5.68. The summed E-state index contributed by atoms with van der Waals surface area (Å²) < 4.78 is 57.2. The van der Waals surface area contributed by atoms with E-state index in [0.29, 0.717) is 31.1 Å². The van der Waals surface area contributed by atoms with Crippen molar-refractivity contribution in [2.24, 2.45) is 5.92 Å². The van der Waals surface area contributed by atoms with Crippen LogP contribution in [0.1, 0.15) is 35.8 Å². The van der Waals surface area contributed by atoms with Crippen LogP contribution in [-0.4, -0.2) is 29.2 Å². The first kappa shape index (κ1) is 20.9. The Balaban J connectivity index is 1.70. The quantitative estimate of drug-likeness (QED) is 0.673. The van der Waals surface area contributed by atoms with Gasteiger partial charge in [-0.05, 0) is 43.9 Å². The molecule has 0 saturated carbocycles. The average molecular weight is 411 g/mol. The summed E-state index contributed by atoms with van der Waals surface area (Å²) in [6.45, 7) is 6.24. The third-order valence-corrected chi connectivity index (χ3v) is 5.12. The molecule has 1 aromatic carbocycles. The van der Waals surface area contributed by atoms with Crippen LogP contribution in [0.25, 0.3) is 6.08 Å². The molecule has 1 aromatic heterocycles. The van der Waals surface area contributed by atoms with Crippen molar-refractivity contribution in [3.8, 4) is 0 Å². The molecule has 0 bridgehead atoms. The van der Waals surface area contributed by atoms with E-state index in [1.54, 1.807) is 24.8 Å². The van der Waals surface area contributed by atoms with Gasteiger partial charge in [0.25, 0.3) is 0 Å². The van der Waals surface area contributed by atoms with Crippen molar-refractivity contribution in [3.63, 3.8) is 0 Å². The highest BCUT2D eigenvalue weighted by Gasteiger charge is 2.34. The number of rotatable bonds is 2. The van der Waals surface area contributed by atoms with E-state index >= 15 is 0 Å². The SMILES string of the molecule is Cc1onc(NC(=O)N2CCC(=Cc3ccc(F)c(C(F)(F)F)c3)C(C)C2)c1C. The molecule has 2 amide bonds. The summed E-state index contributed by atoms with van der Waals surface area (Å²) in [5.41, 5.74) is 0.657. The van der Waals surface area contributed by atoms with E-state index in [4.69, 9.17) is 4.52 Å². The minimum Gasteiger partial charge on any atom is -0.359 e. The van der Waals surface area contributed by atoms with Crippen molar-refractivity contribution < 1.29 is 26.9 Å². The zero-order valence-corrected chi connectivity index (χ0v) is 16.2. The molecular weight excluding hydrogens is 390 g/mol. The smallest absolute Gasteiger partial charge is 0.359 e. The zero-order valence-electron chi connectivity index (χ0n) is 16.2. The third-order valence-electron chi connectivity index (χ3n) is 5.12. The molecule has 0 spiro atoms. The number of hydrogen-bond acceptors (Lipinski definition) is 3. The molecule has 1 aliphatic rings. The molecule has 3 rings (SSSR count). The van der Waals surface area contributed by atoms with Gasteiger partial charge in [-0.15, -0.1) is 0 Å². The van der Waals surface area contributed by atoms with Crippen LogP contribution >= 0.6 is 0 Å². The van der Waals surface area contributed by atoms with Crippen LogP contribution in [0.15, 0.2) is 28.3 Å². The standard InChI is InChI=1S/C20H21F4N3O2/c1-11-10-27(19(28)25-18-12(2)13(3)29-26-18)7-6-15(11)8-14-4-5-17(21)16(9-14)20(22,23)24/h4-5,8-9,11H,6-7,10H2,1-3H3,(H,25,26,28). The molecule has 29 heavy (non-hydrogen) atoms. The van der Waals surface area contributed by atoms with Crippen molar-refractivity contribution >= 4 is 17.9 Å². The van der Waals surface area contributed by atoms with E-state index in [1.807, 2.05) is 6.92 Å². The molecule has 5 nitrogen and oxygen atoms in total. The lowest BCUT2D eigenvalue weighted by atomic mass is 9.91. The predicted octanol–water partition coefficient (Wildman–Crippen LogP) is 5.41. The largest absolute Gasteiger partial charge is 0.419 e. The molecule has 2 aromatic rings. The fourth-order valence-corrected chi connectivity index (χ4v) is 3.23. The number of hydrogen-bond donors (Lipinski definition) is 1. The Labute approximate surface area is 165 Å². The first-order valence-corrected chi connectivity index (χ1v) is 9.12. The minimum atomic E-state index is -4.75. The molecule has 1 atom stereocenters. The number of halogens is 4. The van der Waals surface area contributed by atoms with Crippen molar-refractivity contribution in [2.45, 2.75) is 33.4 Å². The first-order chi connectivity index (χ1) is 13.6. The number of anilines is 1. The average Bonchev–Trinajstić information content (AvgIpc) is 2.96. The van der Waals surface area contributed by atoms with Crippen LogP contribution in [0.4, 0.5) is 28.2 Å². The Morgan fingerprint density at radius 1 is 1.34 bits per heavy atom. The van der Waals surface area contributed by atoms with Crippen LogP contribution in [-0.2, 0) is 6.18 Å². The van der Waals surface area contributed by atoms with Crippen LogP contribution in [0.5, 0.6) is 0 Å². The monoisotopic (exact) mass is 411 g/mol. The molecule has 0 radical (unpaired) electrons. The maximum Gasteiger partial charge on any atom is 0.419 e. The lowest BCUT2D eigenvalue weighted by Crippen LogP contribution is -2.42. The number of amides is 2. The first-order valence-electron chi connectivity index (χ1n) is 9.12. The molecule has 9 heteroatoms. The van der Waals surface area contributed by atoms with Gasteiger partial charge in [-0.2, -0.15) is 13.2 Å². The molecule has 1 N–H and O–H groups in total. The summed E-state index contributed by atoms with van der Waals surface area (Å²) in [5, 5.41) is 6.52. The van der Waals surface area contributed by atoms with E-state index in [1.165, 1.54) is 6.07 Å². The van der Waals surface area contributed by atoms with E-state index < -0.39 is 17.6 Å². The molecule has 1 aliphatic heterocycles. The maximum absolute atomic E-state index is 13.5. The van der Waals surface area contributed by atoms with Gasteiger partial charge in [0.2, 0.25) is 0 Å². The predicted molar refractivity (Wildman–Crippen MR) is 99.7 cm³/mol. The Hall–Kier alpha value is -2.84. The molecular formula is C20H21F4N3O2. The van der Waals surface area contributed by atoms with E-state index in [0.717, 1.165) is 23.3 Å². The van der Waals surface area contributed by atoms with Gasteiger partial charge in [0, 0.05) is 18.7 Å². The highest BCUT2D eigenvalue weighted by atomic mass is 19.4. The molecule has 2 heterocycles. The normalized spacial score (nSPS) is 18.9. The van der Waals surface area contributed by atoms with E-state index in [-0.39, 0.29) is 17.5 Å². The number of likely N-dealkylation sites (tertiary alicyclic amines) is 1. The second-order valence-electron chi connectivity index (χ2n) is 7.20. The second-order valence-corrected chi connectivity index (χ2v) is 7.20. The van der Waals surface area contributed by atoms with Crippen molar-refractivity contribution in [1.82, 2.24) is 10.1 Å². The number of urea groups is 1. The molecule has 1 fully saturated rings. The topological polar surface area (TPSA) is 58.4 Å². The van der Waals surface area contributed by atoms with Gasteiger partial charge < -0.3 is 9.42 Å². The summed E-state index contributed by atoms with van der Waals surface area (Å²) in [4.78, 5) is 14.1. The number of aryl methyl sites for hydroxylation is 1. The van der Waals surface area contributed by atoms with Gasteiger partial charge in [-0.25, -0.2) is 9.18 Å². The number of nitrogens with one attached hydrogen (secondary N) is 1. The zero-order chi connectivity index (χ0) is 21.3. The van der Waals surface area contributed by atoms with Gasteiger partial charge in [0.05, 0.1) is 5.56 Å². The van der Waals surface area contributed by atoms with E-state index in [2.05, 4.69) is 10.5 Å². The van der Waals surface area contributed by atoms with Gasteiger partial charge >= 0.3 is 12.2 Å². The van der Waals surface area contributed by atoms with Gasteiger partial charge in [0.15, 0.2) is 5.82 Å². The number of carbonyl (C=O) groups is 1. The number of alkyl halides is 3. The second kappa shape index (κ2) is 7.88.